The number of esters is 2. The Morgan fingerprint density at radius 3 is 2.15 bits per heavy atom. The highest BCUT2D eigenvalue weighted by Crippen LogP contribution is 2.29. The number of hydrogen-bond donors (Lipinski definition) is 2. The molecule has 2 atom stereocenters. The van der Waals surface area contributed by atoms with E-state index in [-0.39, 0.29) is 18.9 Å². The first-order chi connectivity index (χ1) is 12.0. The summed E-state index contributed by atoms with van der Waals surface area (Å²) in [5, 5.41) is 20.5. The van der Waals surface area contributed by atoms with Crippen molar-refractivity contribution in [2.24, 2.45) is 11.8 Å². The minimum absolute atomic E-state index is 0.00693. The molecule has 6 heteroatoms. The normalized spacial score (nSPS) is 15.2. The molecule has 1 aromatic rings. The summed E-state index contributed by atoms with van der Waals surface area (Å²) in [4.78, 5) is 25.1. The molecule has 0 radical (unpaired) electrons. The van der Waals surface area contributed by atoms with Crippen molar-refractivity contribution in [1.82, 2.24) is 0 Å². The minimum Gasteiger partial charge on any atom is -0.460 e. The zero-order valence-electron chi connectivity index (χ0n) is 16.2. The molecule has 0 aromatic heterocycles. The molecular weight excluding hydrogens is 336 g/mol. The fourth-order valence-corrected chi connectivity index (χ4v) is 2.50. The van der Waals surface area contributed by atoms with Gasteiger partial charge < -0.3 is 19.7 Å². The van der Waals surface area contributed by atoms with Gasteiger partial charge in [0.2, 0.25) is 0 Å². The van der Waals surface area contributed by atoms with Gasteiger partial charge in [-0.3, -0.25) is 4.79 Å². The van der Waals surface area contributed by atoms with Gasteiger partial charge in [0.1, 0.15) is 12.2 Å². The highest BCUT2D eigenvalue weighted by Gasteiger charge is 2.50. The highest BCUT2D eigenvalue weighted by atomic mass is 16.6. The van der Waals surface area contributed by atoms with Crippen LogP contribution in [0.15, 0.2) is 30.3 Å². The van der Waals surface area contributed by atoms with Crippen LogP contribution < -0.4 is 0 Å². The minimum atomic E-state index is -2.36. The molecule has 0 fully saturated rings. The lowest BCUT2D eigenvalue weighted by molar-refractivity contribution is -0.193. The molecule has 0 aliphatic heterocycles. The predicted octanol–water partition coefficient (Wildman–Crippen LogP) is 2.46. The maximum Gasteiger partial charge on any atom is 0.341 e. The Balaban J connectivity index is 3.00. The second kappa shape index (κ2) is 9.14. The number of benzene rings is 1. The lowest BCUT2D eigenvalue weighted by Gasteiger charge is -2.34. The van der Waals surface area contributed by atoms with E-state index in [1.54, 1.807) is 45.0 Å². The molecule has 0 saturated heterocycles. The Labute approximate surface area is 155 Å². The largest absolute Gasteiger partial charge is 0.460 e. The molecule has 0 heterocycles. The van der Waals surface area contributed by atoms with Crippen molar-refractivity contribution in [3.05, 3.63) is 35.9 Å². The van der Waals surface area contributed by atoms with Gasteiger partial charge in [-0.15, -0.1) is 0 Å². The number of carbonyl (C=O) groups is 2. The van der Waals surface area contributed by atoms with Crippen LogP contribution in [0.25, 0.3) is 0 Å². The van der Waals surface area contributed by atoms with Gasteiger partial charge in [-0.2, -0.15) is 0 Å². The van der Waals surface area contributed by atoms with E-state index in [1.165, 1.54) is 0 Å². The standard InChI is InChI=1S/C20H30O6/c1-14(2)11-16(17(22)26-19(3,4)5)20(24,13-21)18(23)25-12-15-9-7-6-8-10-15/h6-10,14,16,21,24H,11-13H2,1-5H3/t16?,20-/m1/s1. The monoisotopic (exact) mass is 366 g/mol. The Morgan fingerprint density at radius 2 is 1.69 bits per heavy atom. The first-order valence-corrected chi connectivity index (χ1v) is 8.77. The third kappa shape index (κ3) is 6.42. The molecular formula is C20H30O6. The zero-order valence-corrected chi connectivity index (χ0v) is 16.2. The smallest absolute Gasteiger partial charge is 0.341 e. The third-order valence-electron chi connectivity index (χ3n) is 3.78. The number of aliphatic hydroxyl groups is 2. The van der Waals surface area contributed by atoms with E-state index in [1.807, 2.05) is 19.9 Å². The molecule has 0 saturated carbocycles. The molecule has 0 bridgehead atoms. The summed E-state index contributed by atoms with van der Waals surface area (Å²) < 4.78 is 10.5. The second-order valence-electron chi connectivity index (χ2n) is 7.86. The Morgan fingerprint density at radius 1 is 1.12 bits per heavy atom. The van der Waals surface area contributed by atoms with Crippen LogP contribution in [0.2, 0.25) is 0 Å². The second-order valence-corrected chi connectivity index (χ2v) is 7.86. The Hall–Kier alpha value is -1.92. The lowest BCUT2D eigenvalue weighted by Crippen LogP contribution is -2.54. The van der Waals surface area contributed by atoms with Gasteiger partial charge in [-0.05, 0) is 38.7 Å². The maximum atomic E-state index is 12.6. The molecule has 0 aliphatic carbocycles. The summed E-state index contributed by atoms with van der Waals surface area (Å²) in [7, 11) is 0. The van der Waals surface area contributed by atoms with Gasteiger partial charge >= 0.3 is 11.9 Å². The van der Waals surface area contributed by atoms with Crippen LogP contribution in [0.5, 0.6) is 0 Å². The Kier molecular flexibility index (Phi) is 7.78. The molecule has 0 amide bonds. The SMILES string of the molecule is CC(C)CC(C(=O)OC(C)(C)C)[C@](O)(CO)C(=O)OCc1ccccc1. The summed E-state index contributed by atoms with van der Waals surface area (Å²) in [5.41, 5.74) is -2.41. The number of aliphatic hydroxyl groups excluding tert-OH is 1. The molecule has 0 aliphatic rings. The lowest BCUT2D eigenvalue weighted by atomic mass is 9.81. The predicted molar refractivity (Wildman–Crippen MR) is 97.1 cm³/mol. The molecule has 26 heavy (non-hydrogen) atoms. The van der Waals surface area contributed by atoms with Gasteiger partial charge in [0.15, 0.2) is 5.60 Å². The molecule has 146 valence electrons. The van der Waals surface area contributed by atoms with Gasteiger partial charge in [-0.25, -0.2) is 4.79 Å². The van der Waals surface area contributed by atoms with Crippen molar-refractivity contribution in [2.45, 2.75) is 58.8 Å². The summed E-state index contributed by atoms with van der Waals surface area (Å²) in [6.45, 7) is 7.80. The van der Waals surface area contributed by atoms with Gasteiger partial charge in [0.25, 0.3) is 0 Å². The van der Waals surface area contributed by atoms with Crippen LogP contribution in [-0.2, 0) is 25.7 Å². The first kappa shape index (κ1) is 22.1. The first-order valence-electron chi connectivity index (χ1n) is 8.77. The van der Waals surface area contributed by atoms with Crippen molar-refractivity contribution in [1.29, 1.82) is 0 Å². The molecule has 1 rings (SSSR count). The van der Waals surface area contributed by atoms with Crippen LogP contribution >= 0.6 is 0 Å². The highest BCUT2D eigenvalue weighted by molar-refractivity contribution is 5.87. The average Bonchev–Trinajstić information content (AvgIpc) is 2.56. The number of ether oxygens (including phenoxy) is 2. The van der Waals surface area contributed by atoms with Gasteiger partial charge in [-0.1, -0.05) is 44.2 Å². The average molecular weight is 366 g/mol. The van der Waals surface area contributed by atoms with E-state index in [9.17, 15) is 19.8 Å². The van der Waals surface area contributed by atoms with Gasteiger partial charge in [0.05, 0.1) is 12.5 Å². The van der Waals surface area contributed by atoms with E-state index < -0.39 is 35.7 Å². The quantitative estimate of drug-likeness (QED) is 0.687. The van der Waals surface area contributed by atoms with Gasteiger partial charge in [0, 0.05) is 0 Å². The van der Waals surface area contributed by atoms with Crippen LogP contribution in [0, 0.1) is 11.8 Å². The summed E-state index contributed by atoms with van der Waals surface area (Å²) >= 11 is 0. The molecule has 2 N–H and O–H groups in total. The molecule has 1 unspecified atom stereocenters. The fourth-order valence-electron chi connectivity index (χ4n) is 2.50. The van der Waals surface area contributed by atoms with Crippen LogP contribution in [0.1, 0.15) is 46.6 Å². The summed E-state index contributed by atoms with van der Waals surface area (Å²) in [6.07, 6.45) is 0.173. The summed E-state index contributed by atoms with van der Waals surface area (Å²) in [6, 6.07) is 8.96. The zero-order chi connectivity index (χ0) is 20.0. The topological polar surface area (TPSA) is 93.1 Å². The van der Waals surface area contributed by atoms with E-state index in [4.69, 9.17) is 9.47 Å². The molecule has 6 nitrogen and oxygen atoms in total. The van der Waals surface area contributed by atoms with Crippen molar-refractivity contribution < 1.29 is 29.3 Å². The van der Waals surface area contributed by atoms with E-state index in [0.29, 0.717) is 0 Å². The maximum absolute atomic E-state index is 12.6. The molecule has 0 spiro atoms. The Bertz CT molecular complexity index is 590. The number of carbonyl (C=O) groups excluding carboxylic acids is 2. The fraction of sp³-hybridized carbons (Fsp3) is 0.600. The van der Waals surface area contributed by atoms with Crippen molar-refractivity contribution in [3.8, 4) is 0 Å². The number of rotatable bonds is 8. The van der Waals surface area contributed by atoms with Crippen molar-refractivity contribution in [2.75, 3.05) is 6.61 Å². The van der Waals surface area contributed by atoms with Crippen LogP contribution in [0.4, 0.5) is 0 Å². The number of hydrogen-bond acceptors (Lipinski definition) is 6. The van der Waals surface area contributed by atoms with Crippen LogP contribution in [-0.4, -0.2) is 40.0 Å². The summed E-state index contributed by atoms with van der Waals surface area (Å²) in [5.74, 6) is -3.01. The third-order valence-corrected chi connectivity index (χ3v) is 3.78. The van der Waals surface area contributed by atoms with Crippen LogP contribution in [0.3, 0.4) is 0 Å². The van der Waals surface area contributed by atoms with Crippen molar-refractivity contribution >= 4 is 11.9 Å². The van der Waals surface area contributed by atoms with E-state index >= 15 is 0 Å². The molecule has 1 aromatic carbocycles. The van der Waals surface area contributed by atoms with E-state index in [2.05, 4.69) is 0 Å². The van der Waals surface area contributed by atoms with Crippen molar-refractivity contribution in [3.63, 3.8) is 0 Å². The van der Waals surface area contributed by atoms with E-state index in [0.717, 1.165) is 5.56 Å².